The van der Waals surface area contributed by atoms with Gasteiger partial charge in [0.25, 0.3) is 0 Å². The predicted molar refractivity (Wildman–Crippen MR) is 94.2 cm³/mol. The van der Waals surface area contributed by atoms with Crippen molar-refractivity contribution in [2.75, 3.05) is 24.5 Å². The van der Waals surface area contributed by atoms with Crippen LogP contribution in [-0.4, -0.2) is 35.5 Å². The molecule has 130 valence electrons. The molecular formula is C19H28N4O. The molecule has 3 aliphatic rings. The van der Waals surface area contributed by atoms with E-state index in [0.717, 1.165) is 49.8 Å². The van der Waals surface area contributed by atoms with Crippen molar-refractivity contribution < 1.29 is 4.79 Å². The molecule has 1 N–H and O–H groups in total. The van der Waals surface area contributed by atoms with Crippen molar-refractivity contribution in [1.29, 1.82) is 0 Å². The maximum Gasteiger partial charge on any atom is 0.228 e. The number of nitrogens with zero attached hydrogens (tertiary/aromatic N) is 3. The second-order valence-corrected chi connectivity index (χ2v) is 7.67. The number of anilines is 1. The molecule has 5 heteroatoms. The molecule has 0 radical (unpaired) electrons. The van der Waals surface area contributed by atoms with E-state index in [4.69, 9.17) is 9.97 Å². The molecule has 2 aliphatic heterocycles. The second-order valence-electron chi connectivity index (χ2n) is 7.67. The number of aryl methyl sites for hydroxylation is 1. The molecule has 2 fully saturated rings. The van der Waals surface area contributed by atoms with Crippen molar-refractivity contribution in [3.05, 3.63) is 17.1 Å². The van der Waals surface area contributed by atoms with Crippen LogP contribution in [0.15, 0.2) is 0 Å². The third kappa shape index (κ3) is 3.06. The van der Waals surface area contributed by atoms with Crippen LogP contribution in [0.1, 0.15) is 67.9 Å². The minimum Gasteiger partial charge on any atom is -0.316 e. The smallest absolute Gasteiger partial charge is 0.228 e. The van der Waals surface area contributed by atoms with Crippen LogP contribution < -0.4 is 10.2 Å². The van der Waals surface area contributed by atoms with Crippen molar-refractivity contribution in [2.45, 2.75) is 64.2 Å². The number of rotatable bonds is 3. The van der Waals surface area contributed by atoms with Crippen LogP contribution in [-0.2, 0) is 11.2 Å². The molecule has 1 aliphatic carbocycles. The first-order valence-electron chi connectivity index (χ1n) is 9.61. The molecule has 0 unspecified atom stereocenters. The lowest BCUT2D eigenvalue weighted by Crippen LogP contribution is -2.40. The zero-order chi connectivity index (χ0) is 16.5. The lowest BCUT2D eigenvalue weighted by molar-refractivity contribution is -0.119. The van der Waals surface area contributed by atoms with Gasteiger partial charge in [-0.3, -0.25) is 9.69 Å². The number of fused-ring (bicyclic) bond motifs is 1. The van der Waals surface area contributed by atoms with Crippen molar-refractivity contribution in [3.8, 4) is 0 Å². The van der Waals surface area contributed by atoms with Gasteiger partial charge in [0.2, 0.25) is 5.91 Å². The fraction of sp³-hybridized carbons (Fsp3) is 0.737. The molecule has 1 saturated carbocycles. The van der Waals surface area contributed by atoms with Gasteiger partial charge in [-0.1, -0.05) is 19.3 Å². The molecule has 1 amide bonds. The molecular weight excluding hydrogens is 300 g/mol. The quantitative estimate of drug-likeness (QED) is 0.927. The Bertz CT molecular complexity index is 618. The molecule has 3 heterocycles. The number of carbonyl (C=O) groups excluding carboxylic acids is 1. The van der Waals surface area contributed by atoms with Gasteiger partial charge in [0.15, 0.2) is 0 Å². The first kappa shape index (κ1) is 16.0. The topological polar surface area (TPSA) is 58.1 Å². The molecule has 0 bridgehead atoms. The summed E-state index contributed by atoms with van der Waals surface area (Å²) in [5, 5.41) is 3.40. The number of nitrogens with one attached hydrogen (secondary N) is 1. The number of amides is 1. The average Bonchev–Trinajstić information content (AvgIpc) is 3.13. The summed E-state index contributed by atoms with van der Waals surface area (Å²) in [7, 11) is 0. The first-order chi connectivity index (χ1) is 11.7. The van der Waals surface area contributed by atoms with E-state index >= 15 is 0 Å². The molecule has 1 saturated heterocycles. The highest BCUT2D eigenvalue weighted by Crippen LogP contribution is 2.33. The van der Waals surface area contributed by atoms with Crippen LogP contribution in [0.25, 0.3) is 0 Å². The van der Waals surface area contributed by atoms with Crippen molar-refractivity contribution in [1.82, 2.24) is 15.3 Å². The zero-order valence-corrected chi connectivity index (χ0v) is 14.7. The van der Waals surface area contributed by atoms with Gasteiger partial charge < -0.3 is 5.32 Å². The third-order valence-electron chi connectivity index (χ3n) is 5.95. The fourth-order valence-corrected chi connectivity index (χ4v) is 4.48. The van der Waals surface area contributed by atoms with Gasteiger partial charge >= 0.3 is 0 Å². The largest absolute Gasteiger partial charge is 0.316 e. The Morgan fingerprint density at radius 3 is 2.71 bits per heavy atom. The van der Waals surface area contributed by atoms with Crippen LogP contribution in [0.3, 0.4) is 0 Å². The van der Waals surface area contributed by atoms with E-state index in [0.29, 0.717) is 18.3 Å². The van der Waals surface area contributed by atoms with Gasteiger partial charge in [-0.15, -0.1) is 0 Å². The van der Waals surface area contributed by atoms with E-state index in [9.17, 15) is 4.79 Å². The van der Waals surface area contributed by atoms with E-state index in [1.165, 1.54) is 37.7 Å². The third-order valence-corrected chi connectivity index (χ3v) is 5.95. The number of hydrogen-bond donors (Lipinski definition) is 1. The molecule has 4 rings (SSSR count). The van der Waals surface area contributed by atoms with Gasteiger partial charge in [0, 0.05) is 36.7 Å². The van der Waals surface area contributed by atoms with Crippen LogP contribution in [0, 0.1) is 12.8 Å². The normalized spacial score (nSPS) is 25.1. The summed E-state index contributed by atoms with van der Waals surface area (Å²) in [6.07, 6.45) is 8.96. The number of carbonyl (C=O) groups is 1. The molecule has 24 heavy (non-hydrogen) atoms. The zero-order valence-electron chi connectivity index (χ0n) is 14.7. The Morgan fingerprint density at radius 2 is 1.96 bits per heavy atom. The van der Waals surface area contributed by atoms with Gasteiger partial charge in [0.1, 0.15) is 11.6 Å². The molecule has 0 aromatic carbocycles. The van der Waals surface area contributed by atoms with E-state index in [2.05, 4.69) is 12.2 Å². The Morgan fingerprint density at radius 1 is 1.12 bits per heavy atom. The number of hydrogen-bond acceptors (Lipinski definition) is 4. The standard InChI is InChI=1S/C19H28N4O/c1-13-16-7-8-17(24)23(12-14-5-3-2-4-6-14)19(16)22-18(21-13)15-9-10-20-11-15/h14-15,20H,2-12H2,1H3/t15-/m0/s1. The Labute approximate surface area is 144 Å². The van der Waals surface area contributed by atoms with Crippen LogP contribution in [0.2, 0.25) is 0 Å². The highest BCUT2D eigenvalue weighted by Gasteiger charge is 2.31. The minimum atomic E-state index is 0.252. The Kier molecular flexibility index (Phi) is 4.53. The van der Waals surface area contributed by atoms with E-state index in [1.807, 2.05) is 4.90 Å². The summed E-state index contributed by atoms with van der Waals surface area (Å²) in [4.78, 5) is 24.3. The molecule has 5 nitrogen and oxygen atoms in total. The van der Waals surface area contributed by atoms with Crippen molar-refractivity contribution >= 4 is 11.7 Å². The molecule has 1 aromatic rings. The van der Waals surface area contributed by atoms with E-state index in [-0.39, 0.29) is 5.91 Å². The second kappa shape index (κ2) is 6.79. The summed E-state index contributed by atoms with van der Waals surface area (Å²) < 4.78 is 0. The maximum atomic E-state index is 12.6. The van der Waals surface area contributed by atoms with Crippen LogP contribution >= 0.6 is 0 Å². The summed E-state index contributed by atoms with van der Waals surface area (Å²) in [5.74, 6) is 3.13. The number of aromatic nitrogens is 2. The maximum absolute atomic E-state index is 12.6. The summed E-state index contributed by atoms with van der Waals surface area (Å²) in [6.45, 7) is 4.93. The SMILES string of the molecule is Cc1nc([C@H]2CCNC2)nc2c1CCC(=O)N2CC1CCCCC1. The lowest BCUT2D eigenvalue weighted by atomic mass is 9.88. The highest BCUT2D eigenvalue weighted by molar-refractivity contribution is 5.95. The summed E-state index contributed by atoms with van der Waals surface area (Å²) >= 11 is 0. The van der Waals surface area contributed by atoms with E-state index < -0.39 is 0 Å². The lowest BCUT2D eigenvalue weighted by Gasteiger charge is -2.33. The minimum absolute atomic E-state index is 0.252. The Balaban J connectivity index is 1.64. The van der Waals surface area contributed by atoms with Gasteiger partial charge in [-0.05, 0) is 45.1 Å². The van der Waals surface area contributed by atoms with Crippen LogP contribution in [0.5, 0.6) is 0 Å². The van der Waals surface area contributed by atoms with Gasteiger partial charge in [-0.25, -0.2) is 9.97 Å². The summed E-state index contributed by atoms with van der Waals surface area (Å²) in [5.41, 5.74) is 2.27. The highest BCUT2D eigenvalue weighted by atomic mass is 16.2. The van der Waals surface area contributed by atoms with E-state index in [1.54, 1.807) is 0 Å². The monoisotopic (exact) mass is 328 g/mol. The fourth-order valence-electron chi connectivity index (χ4n) is 4.48. The average molecular weight is 328 g/mol. The van der Waals surface area contributed by atoms with Crippen molar-refractivity contribution in [3.63, 3.8) is 0 Å². The van der Waals surface area contributed by atoms with Gasteiger partial charge in [-0.2, -0.15) is 0 Å². The molecule has 0 spiro atoms. The molecule has 1 aromatic heterocycles. The van der Waals surface area contributed by atoms with Crippen molar-refractivity contribution in [2.24, 2.45) is 5.92 Å². The summed E-state index contributed by atoms with van der Waals surface area (Å²) in [6, 6.07) is 0. The Hall–Kier alpha value is -1.49. The first-order valence-corrected chi connectivity index (χ1v) is 9.61. The molecule has 1 atom stereocenters. The predicted octanol–water partition coefficient (Wildman–Crippen LogP) is 2.72. The van der Waals surface area contributed by atoms with Gasteiger partial charge in [0.05, 0.1) is 0 Å². The van der Waals surface area contributed by atoms with Crippen LogP contribution in [0.4, 0.5) is 5.82 Å².